The Morgan fingerprint density at radius 1 is 1.04 bits per heavy atom. The van der Waals surface area contributed by atoms with Crippen molar-refractivity contribution < 1.29 is 9.53 Å². The molecule has 0 aromatic carbocycles. The molecule has 0 spiro atoms. The molecule has 4 atom stereocenters. The summed E-state index contributed by atoms with van der Waals surface area (Å²) in [5.41, 5.74) is -0.424. The molecule has 4 nitrogen and oxygen atoms in total. The van der Waals surface area contributed by atoms with Crippen LogP contribution in [0.4, 0.5) is 4.79 Å². The van der Waals surface area contributed by atoms with Crippen LogP contribution in [0.2, 0.25) is 0 Å². The molecule has 0 heterocycles. The Hall–Kier alpha value is -0.770. The predicted molar refractivity (Wildman–Crippen MR) is 94.5 cm³/mol. The van der Waals surface area contributed by atoms with Crippen LogP contribution in [0.25, 0.3) is 0 Å². The highest BCUT2D eigenvalue weighted by Gasteiger charge is 2.33. The van der Waals surface area contributed by atoms with E-state index in [1.165, 1.54) is 25.7 Å². The first-order valence-electron chi connectivity index (χ1n) is 9.50. The van der Waals surface area contributed by atoms with Crippen molar-refractivity contribution in [3.05, 3.63) is 0 Å². The van der Waals surface area contributed by atoms with Gasteiger partial charge in [0, 0.05) is 18.1 Å². The summed E-state index contributed by atoms with van der Waals surface area (Å²) in [4.78, 5) is 11.9. The Labute approximate surface area is 142 Å². The van der Waals surface area contributed by atoms with Gasteiger partial charge in [-0.1, -0.05) is 26.7 Å². The fraction of sp³-hybridized carbons (Fsp3) is 0.947. The lowest BCUT2D eigenvalue weighted by Crippen LogP contribution is -2.46. The van der Waals surface area contributed by atoms with Crippen LogP contribution in [0.1, 0.15) is 79.6 Å². The van der Waals surface area contributed by atoms with E-state index in [0.29, 0.717) is 12.1 Å². The third-order valence-corrected chi connectivity index (χ3v) is 5.28. The average molecular weight is 325 g/mol. The lowest BCUT2D eigenvalue weighted by molar-refractivity contribution is 0.0505. The molecule has 2 aliphatic rings. The third-order valence-electron chi connectivity index (χ3n) is 5.28. The van der Waals surface area contributed by atoms with Crippen LogP contribution in [-0.4, -0.2) is 29.8 Å². The fourth-order valence-corrected chi connectivity index (χ4v) is 4.21. The van der Waals surface area contributed by atoms with Gasteiger partial charge < -0.3 is 15.4 Å². The molecule has 2 fully saturated rings. The van der Waals surface area contributed by atoms with Crippen LogP contribution in [0, 0.1) is 11.8 Å². The van der Waals surface area contributed by atoms with Crippen molar-refractivity contribution in [2.24, 2.45) is 11.8 Å². The summed E-state index contributed by atoms with van der Waals surface area (Å²) < 4.78 is 5.36. The van der Waals surface area contributed by atoms with Crippen molar-refractivity contribution in [1.29, 1.82) is 0 Å². The van der Waals surface area contributed by atoms with Crippen molar-refractivity contribution in [2.75, 3.05) is 0 Å². The zero-order valence-electron chi connectivity index (χ0n) is 15.7. The topological polar surface area (TPSA) is 50.4 Å². The molecule has 23 heavy (non-hydrogen) atoms. The standard InChI is InChI=1S/C19H36N2O2/c1-13(2)16-8-6-7-9-17(16)20-14-10-11-15(12-14)21-18(22)23-19(3,4)5/h13-17,20H,6-12H2,1-5H3,(H,21,22). The van der Waals surface area contributed by atoms with E-state index in [-0.39, 0.29) is 12.1 Å². The Bertz CT molecular complexity index is 389. The molecule has 0 saturated heterocycles. The molecule has 0 aliphatic heterocycles. The number of amides is 1. The van der Waals surface area contributed by atoms with Crippen molar-refractivity contribution in [3.8, 4) is 0 Å². The van der Waals surface area contributed by atoms with Crippen molar-refractivity contribution in [1.82, 2.24) is 10.6 Å². The summed E-state index contributed by atoms with van der Waals surface area (Å²) in [6, 6.07) is 1.46. The van der Waals surface area contributed by atoms with Gasteiger partial charge in [-0.25, -0.2) is 4.79 Å². The minimum atomic E-state index is -0.424. The zero-order chi connectivity index (χ0) is 17.0. The minimum Gasteiger partial charge on any atom is -0.444 e. The lowest BCUT2D eigenvalue weighted by atomic mass is 9.77. The first kappa shape index (κ1) is 18.6. The highest BCUT2D eigenvalue weighted by molar-refractivity contribution is 5.68. The monoisotopic (exact) mass is 324 g/mol. The molecule has 0 aromatic rings. The van der Waals surface area contributed by atoms with Gasteiger partial charge in [0.15, 0.2) is 0 Å². The largest absolute Gasteiger partial charge is 0.444 e. The van der Waals surface area contributed by atoms with Crippen LogP contribution >= 0.6 is 0 Å². The summed E-state index contributed by atoms with van der Waals surface area (Å²) in [5.74, 6) is 1.56. The first-order chi connectivity index (χ1) is 10.7. The summed E-state index contributed by atoms with van der Waals surface area (Å²) >= 11 is 0. The molecule has 0 bridgehead atoms. The SMILES string of the molecule is CC(C)C1CCCCC1NC1CCC(NC(=O)OC(C)(C)C)C1. The third kappa shape index (κ3) is 5.98. The van der Waals surface area contributed by atoms with Gasteiger partial charge >= 0.3 is 6.09 Å². The number of nitrogens with one attached hydrogen (secondary N) is 2. The van der Waals surface area contributed by atoms with Crippen LogP contribution in [0.15, 0.2) is 0 Å². The minimum absolute atomic E-state index is 0.253. The number of rotatable bonds is 4. The smallest absolute Gasteiger partial charge is 0.407 e. The number of carbonyl (C=O) groups is 1. The van der Waals surface area contributed by atoms with Crippen molar-refractivity contribution in [2.45, 2.75) is 103 Å². The maximum absolute atomic E-state index is 11.9. The van der Waals surface area contributed by atoms with E-state index in [4.69, 9.17) is 4.74 Å². The highest BCUT2D eigenvalue weighted by Crippen LogP contribution is 2.32. The van der Waals surface area contributed by atoms with Gasteiger partial charge in [-0.3, -0.25) is 0 Å². The Morgan fingerprint density at radius 2 is 1.70 bits per heavy atom. The van der Waals surface area contributed by atoms with Gasteiger partial charge in [0.2, 0.25) is 0 Å². The number of alkyl carbamates (subject to hydrolysis) is 1. The average Bonchev–Trinajstić information content (AvgIpc) is 2.84. The van der Waals surface area contributed by atoms with Gasteiger partial charge in [-0.2, -0.15) is 0 Å². The normalized spacial score (nSPS) is 32.1. The van der Waals surface area contributed by atoms with E-state index >= 15 is 0 Å². The van der Waals surface area contributed by atoms with Gasteiger partial charge in [0.25, 0.3) is 0 Å². The maximum Gasteiger partial charge on any atom is 0.407 e. The molecule has 2 N–H and O–H groups in total. The van der Waals surface area contributed by atoms with E-state index in [0.717, 1.165) is 31.1 Å². The highest BCUT2D eigenvalue weighted by atomic mass is 16.6. The van der Waals surface area contributed by atoms with E-state index in [1.54, 1.807) is 0 Å². The molecule has 2 rings (SSSR count). The molecule has 4 heteroatoms. The van der Waals surface area contributed by atoms with Gasteiger partial charge in [-0.15, -0.1) is 0 Å². The van der Waals surface area contributed by atoms with E-state index in [1.807, 2.05) is 20.8 Å². The molecule has 134 valence electrons. The first-order valence-corrected chi connectivity index (χ1v) is 9.50. The van der Waals surface area contributed by atoms with Crippen LogP contribution in [0.3, 0.4) is 0 Å². The quantitative estimate of drug-likeness (QED) is 0.813. The summed E-state index contributed by atoms with van der Waals surface area (Å²) in [5, 5.41) is 6.94. The van der Waals surface area contributed by atoms with Crippen LogP contribution in [0.5, 0.6) is 0 Å². The number of carbonyl (C=O) groups excluding carboxylic acids is 1. The molecular formula is C19H36N2O2. The zero-order valence-corrected chi connectivity index (χ0v) is 15.7. The van der Waals surface area contributed by atoms with Gasteiger partial charge in [0.05, 0.1) is 0 Å². The summed E-state index contributed by atoms with van der Waals surface area (Å²) in [6.07, 6.45) is 8.37. The second kappa shape index (κ2) is 7.87. The Morgan fingerprint density at radius 3 is 2.35 bits per heavy atom. The maximum atomic E-state index is 11.9. The fourth-order valence-electron chi connectivity index (χ4n) is 4.21. The summed E-state index contributed by atoms with van der Waals surface area (Å²) in [6.45, 7) is 10.4. The molecule has 1 amide bonds. The number of hydrogen-bond acceptors (Lipinski definition) is 3. The second-order valence-electron chi connectivity index (χ2n) is 8.82. The van der Waals surface area contributed by atoms with Gasteiger partial charge in [-0.05, 0) is 64.7 Å². The molecular weight excluding hydrogens is 288 g/mol. The van der Waals surface area contributed by atoms with E-state index < -0.39 is 5.60 Å². The number of ether oxygens (including phenoxy) is 1. The van der Waals surface area contributed by atoms with Crippen molar-refractivity contribution in [3.63, 3.8) is 0 Å². The molecule has 2 saturated carbocycles. The molecule has 0 radical (unpaired) electrons. The van der Waals surface area contributed by atoms with Crippen LogP contribution < -0.4 is 10.6 Å². The molecule has 2 aliphatic carbocycles. The Kier molecular flexibility index (Phi) is 6.35. The summed E-state index contributed by atoms with van der Waals surface area (Å²) in [7, 11) is 0. The van der Waals surface area contributed by atoms with E-state index in [2.05, 4.69) is 24.5 Å². The molecule has 4 unspecified atom stereocenters. The van der Waals surface area contributed by atoms with Gasteiger partial charge in [0.1, 0.15) is 5.60 Å². The number of hydrogen-bond donors (Lipinski definition) is 2. The van der Waals surface area contributed by atoms with Crippen molar-refractivity contribution >= 4 is 6.09 Å². The van der Waals surface area contributed by atoms with Crippen LogP contribution in [-0.2, 0) is 4.74 Å². The predicted octanol–water partition coefficient (Wildman–Crippen LogP) is 4.24. The Balaban J connectivity index is 1.77. The molecule has 0 aromatic heterocycles. The second-order valence-corrected chi connectivity index (χ2v) is 8.82. The lowest BCUT2D eigenvalue weighted by Gasteiger charge is -2.37. The van der Waals surface area contributed by atoms with E-state index in [9.17, 15) is 4.79 Å².